The fraction of sp³-hybridized carbons (Fsp3) is 0.299. The van der Waals surface area contributed by atoms with E-state index in [-0.39, 0.29) is 107 Å². The minimum atomic E-state index is -0.155. The van der Waals surface area contributed by atoms with Gasteiger partial charge in [-0.2, -0.15) is 0 Å². The molecule has 6 atom stereocenters. The number of carbonyl (C=O) groups excluding carboxylic acids is 6. The summed E-state index contributed by atoms with van der Waals surface area (Å²) < 4.78 is 0. The van der Waals surface area contributed by atoms with Gasteiger partial charge in [-0.15, -0.1) is 70.6 Å². The van der Waals surface area contributed by atoms with Crippen LogP contribution in [0.15, 0.2) is 208 Å². The van der Waals surface area contributed by atoms with Crippen molar-refractivity contribution in [3.8, 4) is 0 Å². The second-order valence-electron chi connectivity index (χ2n) is 23.8. The molecule has 98 heavy (non-hydrogen) atoms. The number of carbonyl (C=O) groups is 6. The summed E-state index contributed by atoms with van der Waals surface area (Å²) in [4.78, 5) is 67.6. The van der Waals surface area contributed by atoms with E-state index < -0.39 is 0 Å². The number of Topliss-reactive ketones (excluding diaryl/α,β-unsaturated/α-hetero) is 6. The Morgan fingerprint density at radius 2 is 0.582 bits per heavy atom. The highest BCUT2D eigenvalue weighted by Crippen LogP contribution is 2.48. The predicted molar refractivity (Wildman–Crippen MR) is 407 cm³/mol. The van der Waals surface area contributed by atoms with E-state index in [2.05, 4.69) is 26.0 Å². The second-order valence-corrected chi connectivity index (χ2v) is 31.3. The van der Waals surface area contributed by atoms with Crippen LogP contribution in [0.4, 0.5) is 0 Å². The Morgan fingerprint density at radius 1 is 0.327 bits per heavy atom. The van der Waals surface area contributed by atoms with Gasteiger partial charge in [0.15, 0.2) is 34.7 Å². The molecule has 0 amide bonds. The van der Waals surface area contributed by atoms with Crippen LogP contribution in [0.5, 0.6) is 0 Å². The van der Waals surface area contributed by atoms with E-state index in [1.165, 1.54) is 63.8 Å². The lowest BCUT2D eigenvalue weighted by Gasteiger charge is -2.12. The van der Waals surface area contributed by atoms with Gasteiger partial charge in [0.1, 0.15) is 34.6 Å². The Hall–Kier alpha value is -6.78. The molecule has 6 unspecified atom stereocenters. The Labute approximate surface area is 608 Å². The van der Waals surface area contributed by atoms with Crippen molar-refractivity contribution in [3.63, 3.8) is 0 Å². The fourth-order valence-corrected chi connectivity index (χ4v) is 18.9. The third-order valence-corrected chi connectivity index (χ3v) is 24.8. The van der Waals surface area contributed by atoms with Crippen LogP contribution in [0.25, 0.3) is 0 Å². The molecule has 6 aromatic rings. The molecule has 6 aliphatic rings. The zero-order valence-corrected chi connectivity index (χ0v) is 62.4. The number of halogens is 2. The van der Waals surface area contributed by atoms with Gasteiger partial charge in [-0.3, -0.25) is 28.8 Å². The summed E-state index contributed by atoms with van der Waals surface area (Å²) in [5.41, 5.74) is 15.0. The lowest BCUT2D eigenvalue weighted by molar-refractivity contribution is -0.114. The molecule has 7 N–H and O–H groups in total. The summed E-state index contributed by atoms with van der Waals surface area (Å²) in [7, 11) is 0. The SMILES string of the molecule is CC(=O)C1=C(O)C(c2ccc(C)c(C)c2)SC1.CC(=O)C1=C(O)C(c2ccc(C)cc2)SC1.CC(=O)C1=C(O)C(c2ccc(C)cc2)SC1.CC(=O)C1=C(O)C(c2ccc(CO)cc2)SC1.CC(=O)C1=C(O)C(c2ccc(Cl)cc2)SC1.CC(=O)C1=C(O)C(c2cccc(Cl)c2)SC1. The Kier molecular flexibility index (Phi) is 29.3. The van der Waals surface area contributed by atoms with Crippen LogP contribution >= 0.6 is 93.8 Å². The number of hydrogen-bond donors (Lipinski definition) is 7. The van der Waals surface area contributed by atoms with E-state index in [1.807, 2.05) is 123 Å². The van der Waals surface area contributed by atoms with Crippen molar-refractivity contribution in [3.05, 3.63) is 279 Å². The summed E-state index contributed by atoms with van der Waals surface area (Å²) in [6.45, 7) is 17.2. The molecule has 6 aromatic carbocycles. The van der Waals surface area contributed by atoms with Crippen molar-refractivity contribution in [2.75, 3.05) is 34.5 Å². The highest BCUT2D eigenvalue weighted by molar-refractivity contribution is 8.01. The van der Waals surface area contributed by atoms with E-state index >= 15 is 0 Å². The van der Waals surface area contributed by atoms with Crippen LogP contribution in [-0.4, -0.2) is 105 Å². The largest absolute Gasteiger partial charge is 0.510 e. The minimum absolute atomic E-state index is 0.0125. The fourth-order valence-electron chi connectivity index (χ4n) is 10.6. The molecule has 0 fully saturated rings. The normalized spacial score (nSPS) is 20.1. The van der Waals surface area contributed by atoms with Crippen LogP contribution in [0, 0.1) is 27.7 Å². The molecule has 0 saturated carbocycles. The van der Waals surface area contributed by atoms with Crippen molar-refractivity contribution < 1.29 is 64.5 Å². The Morgan fingerprint density at radius 3 is 0.837 bits per heavy atom. The second kappa shape index (κ2) is 36.5. The molecule has 0 aliphatic carbocycles. The van der Waals surface area contributed by atoms with E-state index in [4.69, 9.17) is 28.3 Å². The number of hydrogen-bond acceptors (Lipinski definition) is 19. The Balaban J connectivity index is 0.000000166. The maximum Gasteiger partial charge on any atom is 0.160 e. The van der Waals surface area contributed by atoms with E-state index in [0.717, 1.165) is 38.9 Å². The topological polar surface area (TPSA) is 244 Å². The third-order valence-electron chi connectivity index (χ3n) is 16.6. The number of benzene rings is 6. The maximum absolute atomic E-state index is 11.3. The van der Waals surface area contributed by atoms with E-state index in [0.29, 0.717) is 78.0 Å². The smallest absolute Gasteiger partial charge is 0.160 e. The number of rotatable bonds is 13. The number of thioether (sulfide) groups is 6. The number of ketones is 6. The molecule has 13 nitrogen and oxygen atoms in total. The summed E-state index contributed by atoms with van der Waals surface area (Å²) in [5, 5.41) is 69.5. The van der Waals surface area contributed by atoms with Crippen molar-refractivity contribution in [1.29, 1.82) is 0 Å². The standard InChI is InChI=1S/C14H16O2S.C13H14O3S.2C13H14O2S.2C12H11ClO2S/c1-8-4-5-11(6-9(8)2)14-13(16)12(7-17-14)10(3)15;1-8(15)11-7-17-13(12(11)16)10-4-2-9(6-14)3-5-10;2*1-8-3-5-10(6-4-8)13-12(15)11(7-16-13)9(2)14;1-7(14)10-6-16-12(11(10)15)8-2-4-9(13)5-3-8;1-7(14)10-6-16-12(11(10)15)8-3-2-4-9(13)5-8/h4-6,14,16H,7H2,1-3H3;2-5,13-14,16H,6-7H2,1H3;2*3-6,13,15H,7H2,1-2H3;2*2-5,12,15H,6H2,1H3. The molecule has 6 aliphatic heterocycles. The highest BCUT2D eigenvalue weighted by Gasteiger charge is 2.34. The van der Waals surface area contributed by atoms with Crippen LogP contribution in [-0.2, 0) is 35.4 Å². The van der Waals surface area contributed by atoms with Crippen LogP contribution in [0.3, 0.4) is 0 Å². The van der Waals surface area contributed by atoms with Gasteiger partial charge >= 0.3 is 0 Å². The van der Waals surface area contributed by atoms with Crippen molar-refractivity contribution in [2.24, 2.45) is 0 Å². The first kappa shape index (κ1) is 78.6. The lowest BCUT2D eigenvalue weighted by atomic mass is 10.0. The molecule has 0 spiro atoms. The molecule has 516 valence electrons. The lowest BCUT2D eigenvalue weighted by Crippen LogP contribution is -2.01. The maximum atomic E-state index is 11.3. The molecule has 12 rings (SSSR count). The van der Waals surface area contributed by atoms with Gasteiger partial charge in [-0.1, -0.05) is 150 Å². The zero-order chi connectivity index (χ0) is 71.8. The van der Waals surface area contributed by atoms with E-state index in [1.54, 1.807) is 88.8 Å². The van der Waals surface area contributed by atoms with Gasteiger partial charge in [0.2, 0.25) is 0 Å². The minimum Gasteiger partial charge on any atom is -0.510 e. The number of aryl methyl sites for hydroxylation is 4. The molecular weight excluding hydrogens is 1400 g/mol. The number of aliphatic hydroxyl groups is 7. The first-order chi connectivity index (χ1) is 46.5. The molecule has 0 saturated heterocycles. The van der Waals surface area contributed by atoms with Crippen LogP contribution < -0.4 is 0 Å². The molecule has 6 heterocycles. The molecule has 0 radical (unpaired) electrons. The third kappa shape index (κ3) is 20.5. The predicted octanol–water partition coefficient (Wildman–Crippen LogP) is 19.3. The first-order valence-electron chi connectivity index (χ1n) is 31.2. The Bertz CT molecular complexity index is 3950. The van der Waals surface area contributed by atoms with E-state index in [9.17, 15) is 59.4 Å². The van der Waals surface area contributed by atoms with Gasteiger partial charge in [0, 0.05) is 78.0 Å². The molecule has 0 bridgehead atoms. The average Bonchev–Trinajstić information content (AvgIpc) is 1.69. The molecular formula is C77H80Cl2O13S6. The first-order valence-corrected chi connectivity index (χ1v) is 38.2. The highest BCUT2D eigenvalue weighted by atomic mass is 35.5. The summed E-state index contributed by atoms with van der Waals surface area (Å²) in [5.74, 6) is 4.55. The monoisotopic (exact) mass is 1470 g/mol. The van der Waals surface area contributed by atoms with Crippen LogP contribution in [0.1, 0.15) is 134 Å². The van der Waals surface area contributed by atoms with Gasteiger partial charge in [0.05, 0.1) is 38.1 Å². The quantitative estimate of drug-likeness (QED) is 0.0568. The van der Waals surface area contributed by atoms with Crippen molar-refractivity contribution >= 4 is 128 Å². The average molecular weight is 1480 g/mol. The van der Waals surface area contributed by atoms with Gasteiger partial charge in [-0.05, 0) is 144 Å². The summed E-state index contributed by atoms with van der Waals surface area (Å²) in [6.07, 6.45) is 0. The summed E-state index contributed by atoms with van der Waals surface area (Å²) in [6, 6.07) is 44.4. The summed E-state index contributed by atoms with van der Waals surface area (Å²) >= 11 is 21.2. The van der Waals surface area contributed by atoms with Crippen molar-refractivity contribution in [1.82, 2.24) is 0 Å². The van der Waals surface area contributed by atoms with Gasteiger partial charge < -0.3 is 35.7 Å². The number of aliphatic hydroxyl groups excluding tert-OH is 7. The van der Waals surface area contributed by atoms with Crippen molar-refractivity contribution in [2.45, 2.75) is 107 Å². The zero-order valence-electron chi connectivity index (χ0n) is 56.0. The molecule has 0 aromatic heterocycles. The molecule has 21 heteroatoms. The van der Waals surface area contributed by atoms with Gasteiger partial charge in [-0.25, -0.2) is 0 Å². The van der Waals surface area contributed by atoms with Gasteiger partial charge in [0.25, 0.3) is 0 Å². The van der Waals surface area contributed by atoms with Crippen LogP contribution in [0.2, 0.25) is 10.0 Å².